The molecule has 3 aliphatic rings. The van der Waals surface area contributed by atoms with Gasteiger partial charge in [0.25, 0.3) is 0 Å². The SMILES string of the molecule is C[C@@H]1N(CC2CCN(C)CC2)CC12CN(C)C2. The molecule has 3 heteroatoms. The predicted molar refractivity (Wildman–Crippen MR) is 71.2 cm³/mol. The largest absolute Gasteiger partial charge is 0.306 e. The van der Waals surface area contributed by atoms with E-state index in [4.69, 9.17) is 0 Å². The molecule has 98 valence electrons. The third kappa shape index (κ3) is 2.02. The Hall–Kier alpha value is -0.120. The van der Waals surface area contributed by atoms with Crippen molar-refractivity contribution in [1.29, 1.82) is 0 Å². The fourth-order valence-corrected chi connectivity index (χ4v) is 4.14. The number of likely N-dealkylation sites (tertiary alicyclic amines) is 3. The second-order valence-corrected chi connectivity index (χ2v) is 6.89. The molecule has 1 atom stereocenters. The molecule has 0 aromatic carbocycles. The first kappa shape index (κ1) is 11.9. The van der Waals surface area contributed by atoms with E-state index >= 15 is 0 Å². The monoisotopic (exact) mass is 237 g/mol. The van der Waals surface area contributed by atoms with Gasteiger partial charge in [-0.05, 0) is 52.9 Å². The second-order valence-electron chi connectivity index (χ2n) is 6.89. The Morgan fingerprint density at radius 3 is 2.18 bits per heavy atom. The molecule has 1 spiro atoms. The van der Waals surface area contributed by atoms with Crippen molar-refractivity contribution in [3.8, 4) is 0 Å². The predicted octanol–water partition coefficient (Wildman–Crippen LogP) is 0.964. The van der Waals surface area contributed by atoms with Crippen LogP contribution in [0.1, 0.15) is 19.8 Å². The smallest absolute Gasteiger partial charge is 0.0237 e. The maximum absolute atomic E-state index is 2.74. The summed E-state index contributed by atoms with van der Waals surface area (Å²) < 4.78 is 0. The Morgan fingerprint density at radius 2 is 1.65 bits per heavy atom. The van der Waals surface area contributed by atoms with E-state index in [1.54, 1.807) is 0 Å². The van der Waals surface area contributed by atoms with E-state index in [-0.39, 0.29) is 0 Å². The third-order valence-electron chi connectivity index (χ3n) is 5.45. The highest BCUT2D eigenvalue weighted by Gasteiger charge is 2.55. The van der Waals surface area contributed by atoms with Crippen molar-refractivity contribution in [2.75, 3.05) is 53.4 Å². The van der Waals surface area contributed by atoms with E-state index in [0.717, 1.165) is 12.0 Å². The van der Waals surface area contributed by atoms with E-state index in [1.165, 1.54) is 52.1 Å². The van der Waals surface area contributed by atoms with Gasteiger partial charge < -0.3 is 9.80 Å². The van der Waals surface area contributed by atoms with Gasteiger partial charge in [0.2, 0.25) is 0 Å². The Balaban J connectivity index is 1.45. The van der Waals surface area contributed by atoms with Gasteiger partial charge in [-0.25, -0.2) is 0 Å². The zero-order valence-electron chi connectivity index (χ0n) is 11.7. The van der Waals surface area contributed by atoms with Crippen LogP contribution >= 0.6 is 0 Å². The quantitative estimate of drug-likeness (QED) is 0.708. The highest BCUT2D eigenvalue weighted by molar-refractivity contribution is 5.10. The molecule has 3 heterocycles. The molecular weight excluding hydrogens is 210 g/mol. The molecule has 0 bridgehead atoms. The molecule has 3 rings (SSSR count). The van der Waals surface area contributed by atoms with Gasteiger partial charge in [0.15, 0.2) is 0 Å². The Kier molecular flexibility index (Phi) is 2.96. The van der Waals surface area contributed by atoms with E-state index in [2.05, 4.69) is 35.7 Å². The summed E-state index contributed by atoms with van der Waals surface area (Å²) in [5.74, 6) is 0.962. The molecule has 0 unspecified atom stereocenters. The molecule has 17 heavy (non-hydrogen) atoms. The van der Waals surface area contributed by atoms with E-state index in [9.17, 15) is 0 Å². The molecule has 0 amide bonds. The molecule has 3 nitrogen and oxygen atoms in total. The average Bonchev–Trinajstić information content (AvgIpc) is 2.28. The van der Waals surface area contributed by atoms with Crippen molar-refractivity contribution in [1.82, 2.24) is 14.7 Å². The van der Waals surface area contributed by atoms with Crippen LogP contribution in [0.3, 0.4) is 0 Å². The summed E-state index contributed by atoms with van der Waals surface area (Å²) >= 11 is 0. The fourth-order valence-electron chi connectivity index (χ4n) is 4.14. The maximum Gasteiger partial charge on any atom is 0.0237 e. The van der Waals surface area contributed by atoms with E-state index < -0.39 is 0 Å². The van der Waals surface area contributed by atoms with Crippen molar-refractivity contribution >= 4 is 0 Å². The zero-order valence-corrected chi connectivity index (χ0v) is 11.7. The number of nitrogens with zero attached hydrogens (tertiary/aromatic N) is 3. The summed E-state index contributed by atoms with van der Waals surface area (Å²) in [6.45, 7) is 10.5. The number of rotatable bonds is 2. The van der Waals surface area contributed by atoms with Crippen molar-refractivity contribution in [2.24, 2.45) is 11.3 Å². The summed E-state index contributed by atoms with van der Waals surface area (Å²) in [5.41, 5.74) is 0.681. The molecule has 0 N–H and O–H groups in total. The minimum Gasteiger partial charge on any atom is -0.306 e. The van der Waals surface area contributed by atoms with Crippen LogP contribution in [0.4, 0.5) is 0 Å². The molecule has 3 saturated heterocycles. The van der Waals surface area contributed by atoms with Gasteiger partial charge in [-0.1, -0.05) is 0 Å². The first-order valence-corrected chi connectivity index (χ1v) is 7.20. The lowest BCUT2D eigenvalue weighted by Crippen LogP contribution is -2.76. The topological polar surface area (TPSA) is 9.72 Å². The molecule has 3 fully saturated rings. The van der Waals surface area contributed by atoms with Crippen LogP contribution in [-0.4, -0.2) is 74.1 Å². The summed E-state index contributed by atoms with van der Waals surface area (Å²) in [4.78, 5) is 7.67. The maximum atomic E-state index is 2.74. The van der Waals surface area contributed by atoms with Crippen molar-refractivity contribution in [3.63, 3.8) is 0 Å². The van der Waals surface area contributed by atoms with Crippen LogP contribution in [0.5, 0.6) is 0 Å². The average molecular weight is 237 g/mol. The number of piperidine rings is 1. The molecule has 0 aliphatic carbocycles. The van der Waals surface area contributed by atoms with Gasteiger partial charge in [-0.2, -0.15) is 0 Å². The van der Waals surface area contributed by atoms with Crippen molar-refractivity contribution in [2.45, 2.75) is 25.8 Å². The summed E-state index contributed by atoms with van der Waals surface area (Å²) in [6.07, 6.45) is 2.82. The van der Waals surface area contributed by atoms with Gasteiger partial charge in [0, 0.05) is 37.6 Å². The molecule has 0 radical (unpaired) electrons. The van der Waals surface area contributed by atoms with E-state index in [0.29, 0.717) is 5.41 Å². The fraction of sp³-hybridized carbons (Fsp3) is 1.00. The van der Waals surface area contributed by atoms with Crippen LogP contribution < -0.4 is 0 Å². The Morgan fingerprint density at radius 1 is 1.00 bits per heavy atom. The van der Waals surface area contributed by atoms with Gasteiger partial charge in [-0.3, -0.25) is 4.90 Å². The van der Waals surface area contributed by atoms with Gasteiger partial charge in [0.1, 0.15) is 0 Å². The number of hydrogen-bond acceptors (Lipinski definition) is 3. The highest BCUT2D eigenvalue weighted by Crippen LogP contribution is 2.45. The van der Waals surface area contributed by atoms with Crippen molar-refractivity contribution in [3.05, 3.63) is 0 Å². The lowest BCUT2D eigenvalue weighted by atomic mass is 9.66. The summed E-state index contributed by atoms with van der Waals surface area (Å²) in [7, 11) is 4.50. The minimum absolute atomic E-state index is 0.681. The normalized spacial score (nSPS) is 35.8. The summed E-state index contributed by atoms with van der Waals surface area (Å²) in [5, 5.41) is 0. The standard InChI is InChI=1S/C14H27N3/c1-12-14(9-16(3)10-14)11-17(12)8-13-4-6-15(2)7-5-13/h12-13H,4-11H2,1-3H3/t12-/m0/s1. The first-order valence-electron chi connectivity index (χ1n) is 7.20. The highest BCUT2D eigenvalue weighted by atomic mass is 15.3. The van der Waals surface area contributed by atoms with Crippen LogP contribution in [-0.2, 0) is 0 Å². The molecule has 3 aliphatic heterocycles. The lowest BCUT2D eigenvalue weighted by Gasteiger charge is -2.65. The van der Waals surface area contributed by atoms with Crippen LogP contribution in [0.2, 0.25) is 0 Å². The van der Waals surface area contributed by atoms with E-state index in [1.807, 2.05) is 0 Å². The van der Waals surface area contributed by atoms with Gasteiger partial charge >= 0.3 is 0 Å². The van der Waals surface area contributed by atoms with Gasteiger partial charge in [-0.15, -0.1) is 0 Å². The molecule has 0 aromatic rings. The molecular formula is C14H27N3. The first-order chi connectivity index (χ1) is 8.09. The van der Waals surface area contributed by atoms with Crippen LogP contribution in [0, 0.1) is 11.3 Å². The van der Waals surface area contributed by atoms with Crippen molar-refractivity contribution < 1.29 is 0 Å². The van der Waals surface area contributed by atoms with Crippen LogP contribution in [0.25, 0.3) is 0 Å². The number of hydrogen-bond donors (Lipinski definition) is 0. The molecule has 0 aromatic heterocycles. The lowest BCUT2D eigenvalue weighted by molar-refractivity contribution is -0.156. The van der Waals surface area contributed by atoms with Gasteiger partial charge in [0.05, 0.1) is 0 Å². The van der Waals surface area contributed by atoms with Crippen LogP contribution in [0.15, 0.2) is 0 Å². The Labute approximate surface area is 106 Å². The third-order valence-corrected chi connectivity index (χ3v) is 5.45. The zero-order chi connectivity index (χ0) is 12.0. The summed E-state index contributed by atoms with van der Waals surface area (Å²) in [6, 6.07) is 0.832. The molecule has 0 saturated carbocycles. The Bertz CT molecular complexity index is 277. The second kappa shape index (κ2) is 4.22. The minimum atomic E-state index is 0.681.